The smallest absolute Gasteiger partial charge is 0.267 e. The SMILES string of the molecule is O=C(Cn1nc(-c2ccc(Br)cc2)ccc1=O)N(CCc1ccccc1)Cc1ccccc1. The average molecular weight is 502 g/mol. The quantitative estimate of drug-likeness (QED) is 0.343. The standard InChI is InChI=1S/C27H24BrN3O2/c28-24-13-11-23(12-14-24)25-15-16-26(32)31(29-25)20-27(33)30(19-22-9-5-2-6-10-22)18-17-21-7-3-1-4-8-21/h1-16H,17-20H2. The van der Waals surface area contributed by atoms with Gasteiger partial charge in [-0.05, 0) is 35.7 Å². The van der Waals surface area contributed by atoms with Gasteiger partial charge in [-0.15, -0.1) is 0 Å². The van der Waals surface area contributed by atoms with Crippen LogP contribution in [0, 0.1) is 0 Å². The van der Waals surface area contributed by atoms with Gasteiger partial charge in [0.05, 0.1) is 5.69 Å². The molecule has 0 unspecified atom stereocenters. The number of rotatable bonds is 8. The lowest BCUT2D eigenvalue weighted by molar-refractivity contribution is -0.132. The molecule has 4 aromatic rings. The summed E-state index contributed by atoms with van der Waals surface area (Å²) < 4.78 is 2.21. The zero-order chi connectivity index (χ0) is 23.0. The molecule has 0 atom stereocenters. The van der Waals surface area contributed by atoms with Gasteiger partial charge in [-0.3, -0.25) is 9.59 Å². The van der Waals surface area contributed by atoms with Crippen LogP contribution in [0.15, 0.2) is 106 Å². The second-order valence-corrected chi connectivity index (χ2v) is 8.67. The maximum absolute atomic E-state index is 13.3. The molecule has 3 aromatic carbocycles. The van der Waals surface area contributed by atoms with Crippen LogP contribution >= 0.6 is 15.9 Å². The van der Waals surface area contributed by atoms with Crippen molar-refractivity contribution in [2.24, 2.45) is 0 Å². The number of carbonyl (C=O) groups is 1. The van der Waals surface area contributed by atoms with Crippen LogP contribution in [0.2, 0.25) is 0 Å². The van der Waals surface area contributed by atoms with Crippen LogP contribution in [-0.2, 0) is 24.3 Å². The largest absolute Gasteiger partial charge is 0.336 e. The van der Waals surface area contributed by atoms with Crippen LogP contribution in [0.4, 0.5) is 0 Å². The van der Waals surface area contributed by atoms with E-state index in [-0.39, 0.29) is 18.0 Å². The minimum absolute atomic E-state index is 0.106. The Kier molecular flexibility index (Phi) is 7.47. The van der Waals surface area contributed by atoms with Crippen molar-refractivity contribution in [3.8, 4) is 11.3 Å². The molecular weight excluding hydrogens is 478 g/mol. The summed E-state index contributed by atoms with van der Waals surface area (Å²) in [4.78, 5) is 27.6. The van der Waals surface area contributed by atoms with Crippen LogP contribution in [0.3, 0.4) is 0 Å². The van der Waals surface area contributed by atoms with E-state index in [1.807, 2.05) is 72.8 Å². The Morgan fingerprint density at radius 1 is 0.818 bits per heavy atom. The number of amides is 1. The molecule has 0 radical (unpaired) electrons. The molecule has 0 aliphatic rings. The number of halogens is 1. The first kappa shape index (κ1) is 22.7. The number of hydrogen-bond acceptors (Lipinski definition) is 3. The van der Waals surface area contributed by atoms with E-state index in [9.17, 15) is 9.59 Å². The van der Waals surface area contributed by atoms with Gasteiger partial charge < -0.3 is 4.90 Å². The van der Waals surface area contributed by atoms with Crippen molar-refractivity contribution in [2.45, 2.75) is 19.5 Å². The van der Waals surface area contributed by atoms with E-state index in [0.29, 0.717) is 18.8 Å². The molecule has 0 aliphatic carbocycles. The third kappa shape index (κ3) is 6.26. The molecule has 0 N–H and O–H groups in total. The second-order valence-electron chi connectivity index (χ2n) is 7.76. The Balaban J connectivity index is 1.54. The Hall–Kier alpha value is -3.51. The normalized spacial score (nSPS) is 10.7. The molecule has 1 aromatic heterocycles. The molecular formula is C27H24BrN3O2. The summed E-state index contributed by atoms with van der Waals surface area (Å²) in [6.45, 7) is 0.928. The number of carbonyl (C=O) groups excluding carboxylic acids is 1. The van der Waals surface area contributed by atoms with Gasteiger partial charge in [-0.2, -0.15) is 5.10 Å². The van der Waals surface area contributed by atoms with Crippen molar-refractivity contribution < 1.29 is 4.79 Å². The Morgan fingerprint density at radius 3 is 2.12 bits per heavy atom. The second kappa shape index (κ2) is 10.9. The van der Waals surface area contributed by atoms with Crippen molar-refractivity contribution in [3.05, 3.63) is 123 Å². The van der Waals surface area contributed by atoms with Gasteiger partial charge >= 0.3 is 0 Å². The Morgan fingerprint density at radius 2 is 1.45 bits per heavy atom. The van der Waals surface area contributed by atoms with Crippen LogP contribution in [0.5, 0.6) is 0 Å². The van der Waals surface area contributed by atoms with Crippen molar-refractivity contribution in [2.75, 3.05) is 6.54 Å². The van der Waals surface area contributed by atoms with Crippen LogP contribution < -0.4 is 5.56 Å². The van der Waals surface area contributed by atoms with E-state index >= 15 is 0 Å². The summed E-state index contributed by atoms with van der Waals surface area (Å²) in [5.74, 6) is -0.141. The van der Waals surface area contributed by atoms with E-state index in [0.717, 1.165) is 27.6 Å². The summed E-state index contributed by atoms with van der Waals surface area (Å²) in [7, 11) is 0. The first-order valence-electron chi connectivity index (χ1n) is 10.8. The fourth-order valence-electron chi connectivity index (χ4n) is 3.57. The molecule has 1 heterocycles. The van der Waals surface area contributed by atoms with Gasteiger partial charge in [0, 0.05) is 29.2 Å². The van der Waals surface area contributed by atoms with Crippen LogP contribution in [0.25, 0.3) is 11.3 Å². The Labute approximate surface area is 201 Å². The molecule has 4 rings (SSSR count). The van der Waals surface area contributed by atoms with E-state index in [2.05, 4.69) is 33.2 Å². The fraction of sp³-hybridized carbons (Fsp3) is 0.148. The van der Waals surface area contributed by atoms with Crippen molar-refractivity contribution in [3.63, 3.8) is 0 Å². The Bertz CT molecular complexity index is 1260. The molecule has 0 bridgehead atoms. The van der Waals surface area contributed by atoms with Gasteiger partial charge in [-0.25, -0.2) is 4.68 Å². The third-order valence-electron chi connectivity index (χ3n) is 5.37. The van der Waals surface area contributed by atoms with Gasteiger partial charge in [-0.1, -0.05) is 88.7 Å². The lowest BCUT2D eigenvalue weighted by Crippen LogP contribution is -2.38. The molecule has 1 amide bonds. The van der Waals surface area contributed by atoms with Crippen LogP contribution in [0.1, 0.15) is 11.1 Å². The number of nitrogens with zero attached hydrogens (tertiary/aromatic N) is 3. The topological polar surface area (TPSA) is 55.2 Å². The zero-order valence-corrected chi connectivity index (χ0v) is 19.7. The average Bonchev–Trinajstić information content (AvgIpc) is 2.85. The molecule has 0 spiro atoms. The monoisotopic (exact) mass is 501 g/mol. The molecule has 0 saturated heterocycles. The first-order valence-corrected chi connectivity index (χ1v) is 11.6. The van der Waals surface area contributed by atoms with Crippen molar-refractivity contribution >= 4 is 21.8 Å². The highest BCUT2D eigenvalue weighted by Crippen LogP contribution is 2.19. The van der Waals surface area contributed by atoms with E-state index in [1.165, 1.54) is 10.7 Å². The van der Waals surface area contributed by atoms with Gasteiger partial charge in [0.25, 0.3) is 5.56 Å². The highest BCUT2D eigenvalue weighted by atomic mass is 79.9. The molecule has 166 valence electrons. The third-order valence-corrected chi connectivity index (χ3v) is 5.90. The molecule has 6 heteroatoms. The summed E-state index contributed by atoms with van der Waals surface area (Å²) in [5.41, 5.74) is 3.43. The fourth-order valence-corrected chi connectivity index (χ4v) is 3.83. The molecule has 33 heavy (non-hydrogen) atoms. The maximum atomic E-state index is 13.3. The highest BCUT2D eigenvalue weighted by Gasteiger charge is 2.16. The van der Waals surface area contributed by atoms with E-state index in [1.54, 1.807) is 11.0 Å². The number of hydrogen-bond donors (Lipinski definition) is 0. The summed E-state index contributed by atoms with van der Waals surface area (Å²) in [6, 6.07) is 30.8. The molecule has 0 fully saturated rings. The minimum atomic E-state index is -0.299. The zero-order valence-electron chi connectivity index (χ0n) is 18.1. The lowest BCUT2D eigenvalue weighted by atomic mass is 10.1. The predicted molar refractivity (Wildman–Crippen MR) is 134 cm³/mol. The van der Waals surface area contributed by atoms with Gasteiger partial charge in [0.15, 0.2) is 0 Å². The van der Waals surface area contributed by atoms with Crippen molar-refractivity contribution in [1.82, 2.24) is 14.7 Å². The first-order chi connectivity index (χ1) is 16.1. The lowest BCUT2D eigenvalue weighted by Gasteiger charge is -2.23. The summed E-state index contributed by atoms with van der Waals surface area (Å²) >= 11 is 3.43. The predicted octanol–water partition coefficient (Wildman–Crippen LogP) is 4.94. The minimum Gasteiger partial charge on any atom is -0.336 e. The number of benzene rings is 3. The highest BCUT2D eigenvalue weighted by molar-refractivity contribution is 9.10. The summed E-state index contributed by atoms with van der Waals surface area (Å²) in [6.07, 6.45) is 0.737. The molecule has 0 aliphatic heterocycles. The van der Waals surface area contributed by atoms with Gasteiger partial charge in [0.2, 0.25) is 5.91 Å². The van der Waals surface area contributed by atoms with Crippen molar-refractivity contribution in [1.29, 1.82) is 0 Å². The molecule has 0 saturated carbocycles. The van der Waals surface area contributed by atoms with E-state index in [4.69, 9.17) is 0 Å². The molecule has 5 nitrogen and oxygen atoms in total. The van der Waals surface area contributed by atoms with E-state index < -0.39 is 0 Å². The van der Waals surface area contributed by atoms with Crippen LogP contribution in [-0.4, -0.2) is 27.1 Å². The summed E-state index contributed by atoms with van der Waals surface area (Å²) in [5, 5.41) is 4.46. The van der Waals surface area contributed by atoms with Gasteiger partial charge in [0.1, 0.15) is 6.54 Å². The maximum Gasteiger partial charge on any atom is 0.267 e. The number of aromatic nitrogens is 2.